The van der Waals surface area contributed by atoms with Crippen molar-refractivity contribution in [3.05, 3.63) is 120 Å². The predicted octanol–water partition coefficient (Wildman–Crippen LogP) is 3.99. The van der Waals surface area contributed by atoms with Gasteiger partial charge in [-0.05, 0) is 29.3 Å². The fourth-order valence-electron chi connectivity index (χ4n) is 3.56. The summed E-state index contributed by atoms with van der Waals surface area (Å²) >= 11 is 0. The van der Waals surface area contributed by atoms with Crippen LogP contribution in [0.3, 0.4) is 0 Å². The molecule has 0 bridgehead atoms. The highest BCUT2D eigenvalue weighted by Crippen LogP contribution is 2.17. The highest BCUT2D eigenvalue weighted by atomic mass is 16.2. The highest BCUT2D eigenvalue weighted by molar-refractivity contribution is 5.95. The van der Waals surface area contributed by atoms with E-state index in [1.165, 1.54) is 12.4 Å². The molecule has 0 spiro atoms. The van der Waals surface area contributed by atoms with E-state index in [-0.39, 0.29) is 0 Å². The zero-order chi connectivity index (χ0) is 26.2. The molecule has 2 amide bonds. The lowest BCUT2D eigenvalue weighted by molar-refractivity contribution is 0.0942. The van der Waals surface area contributed by atoms with E-state index in [0.717, 1.165) is 22.3 Å². The van der Waals surface area contributed by atoms with Gasteiger partial charge >= 0.3 is 0 Å². The average Bonchev–Trinajstić information content (AvgIpc) is 3.65. The lowest BCUT2D eigenvalue weighted by Crippen LogP contribution is -2.18. The average molecular weight is 503 g/mol. The van der Waals surface area contributed by atoms with Gasteiger partial charge in [0.05, 0.1) is 23.8 Å². The molecular weight excluding hydrogens is 480 g/mol. The smallest absolute Gasteiger partial charge is 0.272 e. The van der Waals surface area contributed by atoms with Gasteiger partial charge in [-0.15, -0.1) is 0 Å². The van der Waals surface area contributed by atoms with E-state index in [1.807, 2.05) is 78.9 Å². The van der Waals surface area contributed by atoms with Gasteiger partial charge in [-0.25, -0.2) is 10.9 Å². The third-order valence-corrected chi connectivity index (χ3v) is 5.45. The molecule has 0 radical (unpaired) electrons. The standard InChI is InChI=1S/C28H22N8O2/c37-27(25-15-23(31-33-25)21-10-3-1-4-11-21)35-29-17-19-8-7-9-20(14-19)18-30-36-28(38)26-16-24(32-34-26)22-12-5-2-6-13-22/h1-18H,(H,31,33)(H,32,34)(H,35,37)(H,36,38)/b29-17-,30-18-. The number of carbonyl (C=O) groups is 2. The van der Waals surface area contributed by atoms with Crippen LogP contribution < -0.4 is 10.9 Å². The first-order valence-electron chi connectivity index (χ1n) is 11.6. The highest BCUT2D eigenvalue weighted by Gasteiger charge is 2.11. The fraction of sp³-hybridized carbons (Fsp3) is 0. The second-order valence-electron chi connectivity index (χ2n) is 8.13. The molecule has 0 fully saturated rings. The van der Waals surface area contributed by atoms with Crippen molar-refractivity contribution in [2.45, 2.75) is 0 Å². The third-order valence-electron chi connectivity index (χ3n) is 5.45. The maximum Gasteiger partial charge on any atom is 0.289 e. The zero-order valence-electron chi connectivity index (χ0n) is 20.0. The normalized spacial score (nSPS) is 11.2. The fourth-order valence-corrected chi connectivity index (χ4v) is 3.56. The Morgan fingerprint density at radius 1 is 0.605 bits per heavy atom. The number of aromatic nitrogens is 4. The molecule has 5 rings (SSSR count). The number of amides is 2. The van der Waals surface area contributed by atoms with Crippen LogP contribution in [-0.4, -0.2) is 44.6 Å². The molecule has 2 aromatic heterocycles. The van der Waals surface area contributed by atoms with E-state index < -0.39 is 11.8 Å². The lowest BCUT2D eigenvalue weighted by atomic mass is 10.1. The van der Waals surface area contributed by atoms with Crippen molar-refractivity contribution in [3.8, 4) is 22.5 Å². The van der Waals surface area contributed by atoms with Crippen LogP contribution in [0.25, 0.3) is 22.5 Å². The van der Waals surface area contributed by atoms with Crippen LogP contribution in [-0.2, 0) is 0 Å². The molecule has 0 atom stereocenters. The van der Waals surface area contributed by atoms with Gasteiger partial charge in [0.1, 0.15) is 11.4 Å². The summed E-state index contributed by atoms with van der Waals surface area (Å²) < 4.78 is 0. The predicted molar refractivity (Wildman–Crippen MR) is 145 cm³/mol. The van der Waals surface area contributed by atoms with Crippen LogP contribution in [0.1, 0.15) is 32.1 Å². The molecule has 186 valence electrons. The minimum absolute atomic E-state index is 0.297. The van der Waals surface area contributed by atoms with Crippen LogP contribution in [0.5, 0.6) is 0 Å². The van der Waals surface area contributed by atoms with Gasteiger partial charge in [-0.1, -0.05) is 78.9 Å². The van der Waals surface area contributed by atoms with Gasteiger partial charge in [0.2, 0.25) is 0 Å². The molecule has 4 N–H and O–H groups in total. The maximum absolute atomic E-state index is 12.4. The Hall–Kier alpha value is -5.64. The molecular formula is C28H22N8O2. The van der Waals surface area contributed by atoms with Gasteiger partial charge in [0, 0.05) is 11.1 Å². The van der Waals surface area contributed by atoms with Crippen molar-refractivity contribution in [1.29, 1.82) is 0 Å². The topological polar surface area (TPSA) is 140 Å². The number of aromatic amines is 2. The summed E-state index contributed by atoms with van der Waals surface area (Å²) in [6.45, 7) is 0. The van der Waals surface area contributed by atoms with Crippen molar-refractivity contribution in [2.24, 2.45) is 10.2 Å². The molecule has 2 heterocycles. The van der Waals surface area contributed by atoms with Crippen molar-refractivity contribution < 1.29 is 9.59 Å². The molecule has 5 aromatic rings. The third kappa shape index (κ3) is 5.94. The van der Waals surface area contributed by atoms with Crippen LogP contribution in [0, 0.1) is 0 Å². The van der Waals surface area contributed by atoms with E-state index >= 15 is 0 Å². The van der Waals surface area contributed by atoms with Crippen molar-refractivity contribution in [3.63, 3.8) is 0 Å². The zero-order valence-corrected chi connectivity index (χ0v) is 20.0. The number of hydrogen-bond donors (Lipinski definition) is 4. The van der Waals surface area contributed by atoms with E-state index in [1.54, 1.807) is 18.2 Å². The Labute approximate surface area is 217 Å². The number of carbonyl (C=O) groups excluding carboxylic acids is 2. The molecule has 0 aliphatic heterocycles. The molecule has 0 unspecified atom stereocenters. The first kappa shape index (κ1) is 24.1. The van der Waals surface area contributed by atoms with Crippen molar-refractivity contribution >= 4 is 24.2 Å². The summed E-state index contributed by atoms with van der Waals surface area (Å²) in [6, 6.07) is 29.7. The number of hydrazone groups is 2. The molecule has 10 heteroatoms. The quantitative estimate of drug-likeness (QED) is 0.188. The largest absolute Gasteiger partial charge is 0.289 e. The molecule has 0 aliphatic rings. The number of nitrogens with zero attached hydrogens (tertiary/aromatic N) is 4. The monoisotopic (exact) mass is 502 g/mol. The SMILES string of the molecule is O=C(N/N=C\c1cccc(/C=N\NC(=O)c2cc(-c3ccccc3)n[nH]2)c1)c1cc(-c2ccccc2)n[nH]1. The van der Waals surface area contributed by atoms with Crippen LogP contribution in [0.4, 0.5) is 0 Å². The summed E-state index contributed by atoms with van der Waals surface area (Å²) in [5.74, 6) is -0.823. The molecule has 38 heavy (non-hydrogen) atoms. The minimum Gasteiger partial charge on any atom is -0.272 e. The maximum atomic E-state index is 12.4. The number of rotatable bonds is 8. The van der Waals surface area contributed by atoms with E-state index in [4.69, 9.17) is 0 Å². The van der Waals surface area contributed by atoms with Crippen molar-refractivity contribution in [1.82, 2.24) is 31.2 Å². The number of benzene rings is 3. The first-order chi connectivity index (χ1) is 18.7. The molecule has 10 nitrogen and oxygen atoms in total. The van der Waals surface area contributed by atoms with Crippen LogP contribution in [0.2, 0.25) is 0 Å². The Bertz CT molecular complexity index is 1490. The van der Waals surface area contributed by atoms with Crippen LogP contribution >= 0.6 is 0 Å². The summed E-state index contributed by atoms with van der Waals surface area (Å²) in [5, 5.41) is 21.8. The van der Waals surface area contributed by atoms with Crippen LogP contribution in [0.15, 0.2) is 107 Å². The second kappa shape index (κ2) is 11.4. The molecule has 3 aromatic carbocycles. The first-order valence-corrected chi connectivity index (χ1v) is 11.6. The summed E-state index contributed by atoms with van der Waals surface area (Å²) in [6.07, 6.45) is 3.02. The summed E-state index contributed by atoms with van der Waals surface area (Å²) in [7, 11) is 0. The Morgan fingerprint density at radius 2 is 1.05 bits per heavy atom. The van der Waals surface area contributed by atoms with Gasteiger partial charge in [-0.3, -0.25) is 19.8 Å². The lowest BCUT2D eigenvalue weighted by Gasteiger charge is -1.99. The number of hydrogen-bond acceptors (Lipinski definition) is 6. The minimum atomic E-state index is -0.411. The van der Waals surface area contributed by atoms with Gasteiger partial charge in [-0.2, -0.15) is 20.4 Å². The Balaban J connectivity index is 1.15. The van der Waals surface area contributed by atoms with E-state index in [0.29, 0.717) is 22.8 Å². The van der Waals surface area contributed by atoms with Crippen molar-refractivity contribution in [2.75, 3.05) is 0 Å². The Morgan fingerprint density at radius 3 is 1.50 bits per heavy atom. The number of H-pyrrole nitrogens is 2. The van der Waals surface area contributed by atoms with Gasteiger partial charge in [0.25, 0.3) is 11.8 Å². The molecule has 0 aliphatic carbocycles. The van der Waals surface area contributed by atoms with E-state index in [9.17, 15) is 9.59 Å². The summed E-state index contributed by atoms with van der Waals surface area (Å²) in [4.78, 5) is 24.8. The second-order valence-corrected chi connectivity index (χ2v) is 8.13. The van der Waals surface area contributed by atoms with Gasteiger partial charge in [0.15, 0.2) is 0 Å². The molecule has 0 saturated carbocycles. The molecule has 0 saturated heterocycles. The summed E-state index contributed by atoms with van der Waals surface area (Å²) in [5.41, 5.74) is 10.2. The number of nitrogens with one attached hydrogen (secondary N) is 4. The van der Waals surface area contributed by atoms with E-state index in [2.05, 4.69) is 41.4 Å². The van der Waals surface area contributed by atoms with Gasteiger partial charge < -0.3 is 0 Å². The Kier molecular flexibility index (Phi) is 7.22.